The van der Waals surface area contributed by atoms with Crippen molar-refractivity contribution in [2.24, 2.45) is 17.3 Å². The summed E-state index contributed by atoms with van der Waals surface area (Å²) in [5.74, 6) is 0.349. The molecule has 0 amide bonds. The highest BCUT2D eigenvalue weighted by molar-refractivity contribution is 8.01. The van der Waals surface area contributed by atoms with Gasteiger partial charge in [-0.05, 0) is 74.9 Å². The van der Waals surface area contributed by atoms with E-state index < -0.39 is 16.6 Å². The minimum atomic E-state index is -1.25. The molecule has 3 rings (SSSR count). The van der Waals surface area contributed by atoms with Crippen molar-refractivity contribution in [3.8, 4) is 0 Å². The van der Waals surface area contributed by atoms with Gasteiger partial charge in [0.2, 0.25) is 0 Å². The third-order valence-corrected chi connectivity index (χ3v) is 9.05. The number of fused-ring (bicyclic) bond motifs is 1. The van der Waals surface area contributed by atoms with Crippen LogP contribution >= 0.6 is 11.8 Å². The number of rotatable bonds is 5. The average molecular weight is 479 g/mol. The Morgan fingerprint density at radius 3 is 2.64 bits per heavy atom. The predicted molar refractivity (Wildman–Crippen MR) is 134 cm³/mol. The summed E-state index contributed by atoms with van der Waals surface area (Å²) in [5, 5.41) is 32.4. The molecule has 0 bridgehead atoms. The number of esters is 1. The number of thioether (sulfide) groups is 1. The predicted octanol–water partition coefficient (Wildman–Crippen LogP) is 4.91. The van der Waals surface area contributed by atoms with Gasteiger partial charge in [-0.25, -0.2) is 0 Å². The minimum Gasteiger partial charge on any atom is -0.459 e. The largest absolute Gasteiger partial charge is 0.459 e. The summed E-state index contributed by atoms with van der Waals surface area (Å²) < 4.78 is 5.36. The molecule has 3 aliphatic rings. The summed E-state index contributed by atoms with van der Waals surface area (Å²) in [4.78, 5) is 10.9. The Balaban J connectivity index is 1.76. The Hall–Kier alpha value is -1.08. The fourth-order valence-electron chi connectivity index (χ4n) is 6.26. The van der Waals surface area contributed by atoms with E-state index in [1.807, 2.05) is 26.8 Å². The molecule has 3 saturated carbocycles. The van der Waals surface area contributed by atoms with Gasteiger partial charge in [0, 0.05) is 12.8 Å². The molecule has 0 aromatic heterocycles. The number of carbonyl (C=O) groups excluding carboxylic acids is 1. The quantitative estimate of drug-likeness (QED) is 0.384. The Kier molecular flexibility index (Phi) is 7.94. The second-order valence-corrected chi connectivity index (χ2v) is 12.7. The molecule has 5 nitrogen and oxygen atoms in total. The zero-order chi connectivity index (χ0) is 24.6. The average Bonchev–Trinajstić information content (AvgIpc) is 2.96. The number of hydrogen-bond acceptors (Lipinski definition) is 6. The normalized spacial score (nSPS) is 39.7. The molecule has 0 radical (unpaired) electrons. The van der Waals surface area contributed by atoms with E-state index in [2.05, 4.69) is 26.5 Å². The van der Waals surface area contributed by atoms with Crippen LogP contribution in [0.15, 0.2) is 35.5 Å². The first kappa shape index (κ1) is 26.5. The summed E-state index contributed by atoms with van der Waals surface area (Å²) in [7, 11) is 0. The standard InChI is InChI=1S/C27H42O5S/c1-7-20-22(28)13-21-18(9-8-12-26(20,21)6)10-11-19-14-27(31,15-23(29)17(19)2)33-16-24(30)32-25(3,4)5/h10-11,20-23,28-29,31H,2,7-9,12-16H2,1,3-6H3/t20-,21-,22?,23?,26+,27-/m0/s1. The lowest BCUT2D eigenvalue weighted by Crippen LogP contribution is -2.38. The van der Waals surface area contributed by atoms with E-state index in [0.29, 0.717) is 23.8 Å². The topological polar surface area (TPSA) is 87.0 Å². The van der Waals surface area contributed by atoms with Crippen molar-refractivity contribution in [3.63, 3.8) is 0 Å². The van der Waals surface area contributed by atoms with Crippen molar-refractivity contribution in [1.82, 2.24) is 0 Å². The van der Waals surface area contributed by atoms with Crippen LogP contribution in [0.2, 0.25) is 0 Å². The fourth-order valence-corrected chi connectivity index (χ4v) is 7.24. The lowest BCUT2D eigenvalue weighted by Gasteiger charge is -2.42. The summed E-state index contributed by atoms with van der Waals surface area (Å²) in [6, 6.07) is 0. The van der Waals surface area contributed by atoms with Crippen LogP contribution < -0.4 is 0 Å². The smallest absolute Gasteiger partial charge is 0.316 e. The van der Waals surface area contributed by atoms with Crippen LogP contribution in [0.25, 0.3) is 0 Å². The van der Waals surface area contributed by atoms with Crippen LogP contribution in [0.3, 0.4) is 0 Å². The Labute approximate surface area is 203 Å². The first-order chi connectivity index (χ1) is 15.3. The van der Waals surface area contributed by atoms with Crippen LogP contribution in [0.5, 0.6) is 0 Å². The number of hydrogen-bond donors (Lipinski definition) is 3. The second kappa shape index (κ2) is 9.88. The van der Waals surface area contributed by atoms with Crippen LogP contribution in [0.4, 0.5) is 0 Å². The Morgan fingerprint density at radius 1 is 1.30 bits per heavy atom. The number of allylic oxidation sites excluding steroid dienone is 3. The van der Waals surface area contributed by atoms with Crippen molar-refractivity contribution in [3.05, 3.63) is 35.5 Å². The van der Waals surface area contributed by atoms with E-state index in [1.165, 1.54) is 5.57 Å². The van der Waals surface area contributed by atoms with Gasteiger partial charge in [-0.3, -0.25) is 4.79 Å². The first-order valence-corrected chi connectivity index (χ1v) is 13.3. The Bertz CT molecular complexity index is 825. The van der Waals surface area contributed by atoms with Gasteiger partial charge < -0.3 is 20.1 Å². The first-order valence-electron chi connectivity index (χ1n) is 12.3. The maximum atomic E-state index is 12.1. The zero-order valence-electron chi connectivity index (χ0n) is 20.9. The van der Waals surface area contributed by atoms with Crippen molar-refractivity contribution < 1.29 is 24.9 Å². The number of aliphatic hydroxyl groups is 3. The number of ether oxygens (including phenoxy) is 1. The van der Waals surface area contributed by atoms with Gasteiger partial charge in [-0.1, -0.05) is 44.6 Å². The molecule has 2 unspecified atom stereocenters. The fraction of sp³-hybridized carbons (Fsp3) is 0.741. The highest BCUT2D eigenvalue weighted by atomic mass is 32.2. The van der Waals surface area contributed by atoms with Crippen LogP contribution in [0.1, 0.15) is 79.6 Å². The van der Waals surface area contributed by atoms with Crippen LogP contribution in [-0.4, -0.2) is 49.8 Å². The van der Waals surface area contributed by atoms with Crippen molar-refractivity contribution >= 4 is 17.7 Å². The third-order valence-electron chi connectivity index (χ3n) is 7.82. The van der Waals surface area contributed by atoms with E-state index in [1.54, 1.807) is 0 Å². The lowest BCUT2D eigenvalue weighted by molar-refractivity contribution is -0.151. The molecule has 0 saturated heterocycles. The molecule has 0 aromatic rings. The molecule has 186 valence electrons. The molecule has 6 atom stereocenters. The van der Waals surface area contributed by atoms with E-state index in [-0.39, 0.29) is 29.7 Å². The number of aliphatic hydroxyl groups excluding tert-OH is 2. The molecule has 0 heterocycles. The number of carbonyl (C=O) groups is 1. The van der Waals surface area contributed by atoms with Gasteiger partial charge in [-0.15, -0.1) is 11.8 Å². The van der Waals surface area contributed by atoms with Crippen molar-refractivity contribution in [1.29, 1.82) is 0 Å². The minimum absolute atomic E-state index is 0.0259. The lowest BCUT2D eigenvalue weighted by atomic mass is 9.63. The highest BCUT2D eigenvalue weighted by Gasteiger charge is 2.52. The van der Waals surface area contributed by atoms with E-state index in [0.717, 1.165) is 49.4 Å². The van der Waals surface area contributed by atoms with Gasteiger partial charge in [-0.2, -0.15) is 0 Å². The van der Waals surface area contributed by atoms with Gasteiger partial charge in [0.15, 0.2) is 0 Å². The molecule has 6 heteroatoms. The van der Waals surface area contributed by atoms with E-state index in [4.69, 9.17) is 4.74 Å². The Morgan fingerprint density at radius 2 is 2.00 bits per heavy atom. The van der Waals surface area contributed by atoms with Crippen molar-refractivity contribution in [2.45, 2.75) is 102 Å². The van der Waals surface area contributed by atoms with Gasteiger partial charge in [0.05, 0.1) is 18.0 Å². The van der Waals surface area contributed by atoms with Crippen LogP contribution in [0, 0.1) is 17.3 Å². The molecule has 0 aromatic carbocycles. The SMILES string of the molecule is C=C1C(=CC=C2CCC[C@@]3(C)[C@H]2CC(O)[C@@H]3CC)C[C@](O)(SCC(=O)OC(C)(C)C)CC1O. The van der Waals surface area contributed by atoms with Gasteiger partial charge in [0.1, 0.15) is 10.5 Å². The van der Waals surface area contributed by atoms with Gasteiger partial charge >= 0.3 is 5.97 Å². The van der Waals surface area contributed by atoms with Crippen LogP contribution in [-0.2, 0) is 9.53 Å². The molecule has 0 spiro atoms. The maximum Gasteiger partial charge on any atom is 0.316 e. The molecule has 0 aliphatic heterocycles. The second-order valence-electron chi connectivity index (χ2n) is 11.4. The highest BCUT2D eigenvalue weighted by Crippen LogP contribution is 2.58. The summed E-state index contributed by atoms with van der Waals surface area (Å²) in [5.41, 5.74) is 2.36. The molecular weight excluding hydrogens is 436 g/mol. The summed E-state index contributed by atoms with van der Waals surface area (Å²) in [6.45, 7) is 14.0. The third kappa shape index (κ3) is 5.95. The maximum absolute atomic E-state index is 12.1. The van der Waals surface area contributed by atoms with E-state index in [9.17, 15) is 20.1 Å². The molecular formula is C27H42O5S. The van der Waals surface area contributed by atoms with E-state index >= 15 is 0 Å². The zero-order valence-corrected chi connectivity index (χ0v) is 21.7. The van der Waals surface area contributed by atoms with Crippen molar-refractivity contribution in [2.75, 3.05) is 5.75 Å². The molecule has 3 fully saturated rings. The molecule has 3 aliphatic carbocycles. The van der Waals surface area contributed by atoms with Gasteiger partial charge in [0.25, 0.3) is 0 Å². The molecule has 3 N–H and O–H groups in total. The monoisotopic (exact) mass is 478 g/mol. The summed E-state index contributed by atoms with van der Waals surface area (Å²) >= 11 is 1.12. The summed E-state index contributed by atoms with van der Waals surface area (Å²) in [6.07, 6.45) is 8.57. The molecule has 33 heavy (non-hydrogen) atoms.